The highest BCUT2D eigenvalue weighted by atomic mass is 19.1. The van der Waals surface area contributed by atoms with Gasteiger partial charge in [0.2, 0.25) is 0 Å². The summed E-state index contributed by atoms with van der Waals surface area (Å²) in [5, 5.41) is 3.14. The molecule has 3 rings (SSSR count). The highest BCUT2D eigenvalue weighted by molar-refractivity contribution is 6.48. The number of ketones is 1. The zero-order chi connectivity index (χ0) is 15.7. The molecule has 0 bridgehead atoms. The Bertz CT molecular complexity index is 883. The van der Waals surface area contributed by atoms with Gasteiger partial charge in [-0.1, -0.05) is 24.3 Å². The van der Waals surface area contributed by atoms with Crippen LogP contribution in [-0.2, 0) is 4.79 Å². The average molecular weight is 296 g/mol. The zero-order valence-electron chi connectivity index (χ0n) is 11.8. The van der Waals surface area contributed by atoms with Crippen LogP contribution in [0.3, 0.4) is 0 Å². The van der Waals surface area contributed by atoms with Crippen molar-refractivity contribution in [3.63, 3.8) is 0 Å². The van der Waals surface area contributed by atoms with Gasteiger partial charge in [0.05, 0.1) is 5.56 Å². The van der Waals surface area contributed by atoms with Gasteiger partial charge in [0, 0.05) is 28.4 Å². The summed E-state index contributed by atoms with van der Waals surface area (Å²) in [5.74, 6) is -1.89. The first kappa shape index (κ1) is 14.0. The molecule has 0 spiro atoms. The summed E-state index contributed by atoms with van der Waals surface area (Å²) in [7, 11) is 0. The molecule has 4 nitrogen and oxygen atoms in total. The number of Topliss-reactive ketones (excluding diaryl/α,β-unsaturated/α-hetero) is 1. The number of hydrogen-bond donors (Lipinski definition) is 2. The van der Waals surface area contributed by atoms with Crippen molar-refractivity contribution < 1.29 is 14.0 Å². The number of hydrogen-bond acceptors (Lipinski definition) is 2. The molecule has 0 aliphatic rings. The van der Waals surface area contributed by atoms with Gasteiger partial charge in [-0.05, 0) is 25.1 Å². The van der Waals surface area contributed by atoms with Crippen molar-refractivity contribution in [2.45, 2.75) is 6.92 Å². The van der Waals surface area contributed by atoms with Crippen molar-refractivity contribution in [2.24, 2.45) is 0 Å². The van der Waals surface area contributed by atoms with E-state index in [9.17, 15) is 14.0 Å². The van der Waals surface area contributed by atoms with Crippen LogP contribution in [0.5, 0.6) is 0 Å². The third kappa shape index (κ3) is 2.37. The molecule has 0 unspecified atom stereocenters. The number of para-hydroxylation sites is 1. The molecule has 1 amide bonds. The van der Waals surface area contributed by atoms with E-state index < -0.39 is 17.5 Å². The van der Waals surface area contributed by atoms with E-state index in [2.05, 4.69) is 10.3 Å². The van der Waals surface area contributed by atoms with Gasteiger partial charge < -0.3 is 10.3 Å². The summed E-state index contributed by atoms with van der Waals surface area (Å²) in [6, 6.07) is 11.5. The van der Waals surface area contributed by atoms with Crippen molar-refractivity contribution in [3.8, 4) is 0 Å². The van der Waals surface area contributed by atoms with E-state index in [0.29, 0.717) is 16.5 Å². The maximum absolute atomic E-state index is 13.5. The maximum Gasteiger partial charge on any atom is 0.296 e. The third-order valence-electron chi connectivity index (χ3n) is 3.56. The molecule has 2 N–H and O–H groups in total. The largest absolute Gasteiger partial charge is 0.360 e. The van der Waals surface area contributed by atoms with Crippen LogP contribution in [0.15, 0.2) is 48.7 Å². The van der Waals surface area contributed by atoms with Gasteiger partial charge in [-0.2, -0.15) is 0 Å². The molecule has 110 valence electrons. The summed E-state index contributed by atoms with van der Waals surface area (Å²) in [4.78, 5) is 27.4. The lowest BCUT2D eigenvalue weighted by Crippen LogP contribution is -2.23. The first-order chi connectivity index (χ1) is 10.6. The second-order valence-corrected chi connectivity index (χ2v) is 4.94. The standard InChI is InChI=1S/C17H13FN2O2/c1-10-13(18)6-4-8-14(10)20-17(22)16(21)12-9-19-15-7-3-2-5-11(12)15/h2-9,19H,1H3,(H,20,22). The van der Waals surface area contributed by atoms with Crippen LogP contribution in [0.2, 0.25) is 0 Å². The van der Waals surface area contributed by atoms with Gasteiger partial charge in [-0.3, -0.25) is 9.59 Å². The fraction of sp³-hybridized carbons (Fsp3) is 0.0588. The number of carbonyl (C=O) groups is 2. The summed E-state index contributed by atoms with van der Waals surface area (Å²) in [6.45, 7) is 1.54. The first-order valence-electron chi connectivity index (χ1n) is 6.75. The molecular formula is C17H13FN2O2. The number of H-pyrrole nitrogens is 1. The number of amides is 1. The number of rotatable bonds is 3. The van der Waals surface area contributed by atoms with E-state index in [-0.39, 0.29) is 5.69 Å². The van der Waals surface area contributed by atoms with Crippen LogP contribution < -0.4 is 5.32 Å². The topological polar surface area (TPSA) is 62.0 Å². The van der Waals surface area contributed by atoms with Crippen LogP contribution in [0.4, 0.5) is 10.1 Å². The Hall–Kier alpha value is -2.95. The monoisotopic (exact) mass is 296 g/mol. The smallest absolute Gasteiger partial charge is 0.296 e. The number of halogens is 1. The Morgan fingerprint density at radius 2 is 1.86 bits per heavy atom. The number of benzene rings is 2. The van der Waals surface area contributed by atoms with Crippen molar-refractivity contribution in [2.75, 3.05) is 5.32 Å². The van der Waals surface area contributed by atoms with Gasteiger partial charge in [-0.25, -0.2) is 4.39 Å². The summed E-state index contributed by atoms with van der Waals surface area (Å²) < 4.78 is 13.5. The minimum Gasteiger partial charge on any atom is -0.360 e. The van der Waals surface area contributed by atoms with Crippen LogP contribution in [0.1, 0.15) is 15.9 Å². The predicted molar refractivity (Wildman–Crippen MR) is 82.4 cm³/mol. The lowest BCUT2D eigenvalue weighted by Gasteiger charge is -2.07. The number of fused-ring (bicyclic) bond motifs is 1. The third-order valence-corrected chi connectivity index (χ3v) is 3.56. The quantitative estimate of drug-likeness (QED) is 0.574. The van der Waals surface area contributed by atoms with Crippen molar-refractivity contribution in [1.82, 2.24) is 4.98 Å². The number of anilines is 1. The Morgan fingerprint density at radius 3 is 2.68 bits per heavy atom. The Labute approximate surface area is 126 Å². The minimum atomic E-state index is -0.793. The highest BCUT2D eigenvalue weighted by Gasteiger charge is 2.20. The second-order valence-electron chi connectivity index (χ2n) is 4.94. The highest BCUT2D eigenvalue weighted by Crippen LogP contribution is 2.20. The van der Waals surface area contributed by atoms with Gasteiger partial charge in [0.25, 0.3) is 11.7 Å². The molecular weight excluding hydrogens is 283 g/mol. The van der Waals surface area contributed by atoms with E-state index in [4.69, 9.17) is 0 Å². The summed E-state index contributed by atoms with van der Waals surface area (Å²) >= 11 is 0. The number of carbonyl (C=O) groups excluding carboxylic acids is 2. The molecule has 0 saturated carbocycles. The van der Waals surface area contributed by atoms with E-state index in [1.807, 2.05) is 12.1 Å². The van der Waals surface area contributed by atoms with Crippen LogP contribution in [-0.4, -0.2) is 16.7 Å². The van der Waals surface area contributed by atoms with Crippen LogP contribution in [0.25, 0.3) is 10.9 Å². The SMILES string of the molecule is Cc1c(F)cccc1NC(=O)C(=O)c1c[nH]c2ccccc12. The summed E-state index contributed by atoms with van der Waals surface area (Å²) in [6.07, 6.45) is 1.50. The van der Waals surface area contributed by atoms with Crippen molar-refractivity contribution in [1.29, 1.82) is 0 Å². The van der Waals surface area contributed by atoms with Gasteiger partial charge in [0.1, 0.15) is 5.82 Å². The molecule has 0 fully saturated rings. The van der Waals surface area contributed by atoms with Crippen LogP contribution >= 0.6 is 0 Å². The fourth-order valence-corrected chi connectivity index (χ4v) is 2.30. The van der Waals surface area contributed by atoms with E-state index in [1.165, 1.54) is 18.3 Å². The lowest BCUT2D eigenvalue weighted by atomic mass is 10.1. The van der Waals surface area contributed by atoms with E-state index in [0.717, 1.165) is 5.52 Å². The molecule has 5 heteroatoms. The number of aromatic nitrogens is 1. The molecule has 1 aromatic heterocycles. The normalized spacial score (nSPS) is 10.6. The first-order valence-corrected chi connectivity index (χ1v) is 6.75. The lowest BCUT2D eigenvalue weighted by molar-refractivity contribution is -0.112. The molecule has 0 aliphatic carbocycles. The van der Waals surface area contributed by atoms with Gasteiger partial charge in [0.15, 0.2) is 0 Å². The molecule has 2 aromatic carbocycles. The Morgan fingerprint density at radius 1 is 1.09 bits per heavy atom. The average Bonchev–Trinajstić information content (AvgIpc) is 2.95. The molecule has 22 heavy (non-hydrogen) atoms. The minimum absolute atomic E-state index is 0.290. The van der Waals surface area contributed by atoms with Crippen molar-refractivity contribution >= 4 is 28.3 Å². The van der Waals surface area contributed by atoms with Crippen molar-refractivity contribution in [3.05, 3.63) is 65.6 Å². The van der Waals surface area contributed by atoms with E-state index in [1.54, 1.807) is 25.1 Å². The molecule has 0 saturated heterocycles. The number of aromatic amines is 1. The zero-order valence-corrected chi connectivity index (χ0v) is 11.8. The molecule has 0 radical (unpaired) electrons. The molecule has 3 aromatic rings. The van der Waals surface area contributed by atoms with Gasteiger partial charge in [-0.15, -0.1) is 0 Å². The Balaban J connectivity index is 1.89. The Kier molecular flexibility index (Phi) is 3.47. The number of nitrogens with one attached hydrogen (secondary N) is 2. The second kappa shape index (κ2) is 5.44. The molecule has 0 atom stereocenters. The van der Waals surface area contributed by atoms with Crippen LogP contribution in [0, 0.1) is 12.7 Å². The van der Waals surface area contributed by atoms with E-state index >= 15 is 0 Å². The summed E-state index contributed by atoms with van der Waals surface area (Å²) in [5.41, 5.74) is 1.66. The molecule has 1 heterocycles. The maximum atomic E-state index is 13.5. The fourth-order valence-electron chi connectivity index (χ4n) is 2.30. The predicted octanol–water partition coefficient (Wildman–Crippen LogP) is 3.44. The molecule has 0 aliphatic heterocycles. The van der Waals surface area contributed by atoms with Gasteiger partial charge >= 0.3 is 0 Å².